The van der Waals surface area contributed by atoms with Crippen LogP contribution in [-0.2, 0) is 11.2 Å². The number of benzene rings is 2. The minimum Gasteiger partial charge on any atom is -0.382 e. The molecule has 3 aromatic rings. The molecule has 0 aliphatic rings. The lowest BCUT2D eigenvalue weighted by molar-refractivity contribution is -0.115. The van der Waals surface area contributed by atoms with Crippen LogP contribution < -0.4 is 11.1 Å². The van der Waals surface area contributed by atoms with Crippen LogP contribution in [0.4, 0.5) is 11.5 Å². The van der Waals surface area contributed by atoms with Crippen molar-refractivity contribution in [2.24, 2.45) is 0 Å². The average Bonchev–Trinajstić information content (AvgIpc) is 2.80. The standard InChI is InChI=1S/C15H13ClN4O/c16-10-3-1-2-9(6-10)7-14(21)18-11-4-5-13-12(8-11)15(17)20-19-13/h1-6,8H,7H2,(H,18,21)(H3,17,19,20). The van der Waals surface area contributed by atoms with Crippen molar-refractivity contribution in [3.8, 4) is 0 Å². The predicted molar refractivity (Wildman–Crippen MR) is 84.3 cm³/mol. The summed E-state index contributed by atoms with van der Waals surface area (Å²) in [5.74, 6) is 0.301. The van der Waals surface area contributed by atoms with Gasteiger partial charge in [-0.25, -0.2) is 0 Å². The van der Waals surface area contributed by atoms with Crippen LogP contribution in [0.1, 0.15) is 5.56 Å². The number of anilines is 2. The quantitative estimate of drug-likeness (QED) is 0.695. The molecule has 106 valence electrons. The highest BCUT2D eigenvalue weighted by Crippen LogP contribution is 2.22. The van der Waals surface area contributed by atoms with Crippen molar-refractivity contribution in [3.05, 3.63) is 53.1 Å². The molecule has 0 aliphatic heterocycles. The third kappa shape index (κ3) is 2.98. The number of nitrogens with one attached hydrogen (secondary N) is 2. The molecule has 0 unspecified atom stereocenters. The fraction of sp³-hybridized carbons (Fsp3) is 0.0667. The third-order valence-corrected chi connectivity index (χ3v) is 3.36. The van der Waals surface area contributed by atoms with Gasteiger partial charge in [0.05, 0.1) is 11.9 Å². The topological polar surface area (TPSA) is 83.8 Å². The Morgan fingerprint density at radius 1 is 1.29 bits per heavy atom. The molecule has 0 spiro atoms. The van der Waals surface area contributed by atoms with Crippen LogP contribution in [0.2, 0.25) is 5.02 Å². The van der Waals surface area contributed by atoms with Gasteiger partial charge in [-0.2, -0.15) is 5.10 Å². The lowest BCUT2D eigenvalue weighted by atomic mass is 10.1. The number of hydrogen-bond donors (Lipinski definition) is 3. The number of hydrogen-bond acceptors (Lipinski definition) is 3. The van der Waals surface area contributed by atoms with Gasteiger partial charge in [0, 0.05) is 16.1 Å². The molecule has 5 nitrogen and oxygen atoms in total. The number of carbonyl (C=O) groups is 1. The van der Waals surface area contributed by atoms with Crippen molar-refractivity contribution in [3.63, 3.8) is 0 Å². The van der Waals surface area contributed by atoms with E-state index in [0.29, 0.717) is 16.5 Å². The molecule has 0 fully saturated rings. The number of halogens is 1. The SMILES string of the molecule is Nc1n[nH]c2ccc(NC(=O)Cc3cccc(Cl)c3)cc12. The van der Waals surface area contributed by atoms with Crippen molar-refractivity contribution in [1.82, 2.24) is 10.2 Å². The highest BCUT2D eigenvalue weighted by molar-refractivity contribution is 6.30. The molecule has 6 heteroatoms. The monoisotopic (exact) mass is 300 g/mol. The molecule has 2 aromatic carbocycles. The van der Waals surface area contributed by atoms with E-state index in [0.717, 1.165) is 16.5 Å². The first-order valence-electron chi connectivity index (χ1n) is 6.40. The number of carbonyl (C=O) groups excluding carboxylic acids is 1. The van der Waals surface area contributed by atoms with Crippen molar-refractivity contribution >= 4 is 39.9 Å². The number of amides is 1. The summed E-state index contributed by atoms with van der Waals surface area (Å²) in [5, 5.41) is 11.0. The summed E-state index contributed by atoms with van der Waals surface area (Å²) in [7, 11) is 0. The Kier molecular flexibility index (Phi) is 3.50. The molecule has 0 saturated heterocycles. The number of rotatable bonds is 3. The van der Waals surface area contributed by atoms with Crippen LogP contribution in [0.15, 0.2) is 42.5 Å². The first kappa shape index (κ1) is 13.5. The van der Waals surface area contributed by atoms with Gasteiger partial charge in [0.2, 0.25) is 5.91 Å². The molecule has 21 heavy (non-hydrogen) atoms. The summed E-state index contributed by atoms with van der Waals surface area (Å²) in [4.78, 5) is 12.0. The Labute approximate surface area is 126 Å². The van der Waals surface area contributed by atoms with Crippen molar-refractivity contribution in [1.29, 1.82) is 0 Å². The zero-order valence-electron chi connectivity index (χ0n) is 11.1. The highest BCUT2D eigenvalue weighted by Gasteiger charge is 2.07. The number of H-pyrrole nitrogens is 1. The number of nitrogens with two attached hydrogens (primary N) is 1. The fourth-order valence-corrected chi connectivity index (χ4v) is 2.36. The van der Waals surface area contributed by atoms with E-state index in [4.69, 9.17) is 17.3 Å². The van der Waals surface area contributed by atoms with Gasteiger partial charge < -0.3 is 11.1 Å². The van der Waals surface area contributed by atoms with E-state index < -0.39 is 0 Å². The van der Waals surface area contributed by atoms with Crippen molar-refractivity contribution in [2.75, 3.05) is 11.1 Å². The van der Waals surface area contributed by atoms with E-state index in [-0.39, 0.29) is 12.3 Å². The predicted octanol–water partition coefficient (Wildman–Crippen LogP) is 2.98. The van der Waals surface area contributed by atoms with Crippen LogP contribution in [0, 0.1) is 0 Å². The van der Waals surface area contributed by atoms with Gasteiger partial charge >= 0.3 is 0 Å². The summed E-state index contributed by atoms with van der Waals surface area (Å²) in [6, 6.07) is 12.7. The molecule has 4 N–H and O–H groups in total. The first-order chi connectivity index (χ1) is 10.1. The summed E-state index contributed by atoms with van der Waals surface area (Å²) < 4.78 is 0. The second-order valence-corrected chi connectivity index (χ2v) is 5.16. The van der Waals surface area contributed by atoms with Crippen molar-refractivity contribution < 1.29 is 4.79 Å². The zero-order valence-corrected chi connectivity index (χ0v) is 11.8. The summed E-state index contributed by atoms with van der Waals surface area (Å²) in [5.41, 5.74) is 8.13. The summed E-state index contributed by atoms with van der Waals surface area (Å²) in [6.07, 6.45) is 0.263. The fourth-order valence-electron chi connectivity index (χ4n) is 2.15. The third-order valence-electron chi connectivity index (χ3n) is 3.13. The molecule has 0 aliphatic carbocycles. The van der Waals surface area contributed by atoms with E-state index in [1.807, 2.05) is 18.2 Å². The minimum absolute atomic E-state index is 0.112. The lowest BCUT2D eigenvalue weighted by Gasteiger charge is -2.06. The molecule has 0 bridgehead atoms. The van der Waals surface area contributed by atoms with Gasteiger partial charge in [-0.1, -0.05) is 23.7 Å². The van der Waals surface area contributed by atoms with Gasteiger partial charge in [-0.15, -0.1) is 0 Å². The van der Waals surface area contributed by atoms with Gasteiger partial charge in [-0.05, 0) is 35.9 Å². The number of fused-ring (bicyclic) bond motifs is 1. The summed E-state index contributed by atoms with van der Waals surface area (Å²) >= 11 is 5.90. The highest BCUT2D eigenvalue weighted by atomic mass is 35.5. The minimum atomic E-state index is -0.112. The maximum atomic E-state index is 12.0. The Bertz CT molecular complexity index is 812. The van der Waals surface area contributed by atoms with Crippen LogP contribution >= 0.6 is 11.6 Å². The number of aromatic amines is 1. The van der Waals surface area contributed by atoms with E-state index in [1.54, 1.807) is 24.3 Å². The lowest BCUT2D eigenvalue weighted by Crippen LogP contribution is -2.14. The van der Waals surface area contributed by atoms with E-state index >= 15 is 0 Å². The van der Waals surface area contributed by atoms with E-state index in [1.165, 1.54) is 0 Å². The second kappa shape index (κ2) is 5.46. The molecule has 0 saturated carbocycles. The van der Waals surface area contributed by atoms with Gasteiger partial charge in [0.15, 0.2) is 5.82 Å². The summed E-state index contributed by atoms with van der Waals surface area (Å²) in [6.45, 7) is 0. The maximum Gasteiger partial charge on any atom is 0.228 e. The van der Waals surface area contributed by atoms with Crippen LogP contribution in [-0.4, -0.2) is 16.1 Å². The van der Waals surface area contributed by atoms with Gasteiger partial charge in [0.25, 0.3) is 0 Å². The number of nitrogen functional groups attached to an aromatic ring is 1. The molecule has 0 radical (unpaired) electrons. The zero-order chi connectivity index (χ0) is 14.8. The maximum absolute atomic E-state index is 12.0. The second-order valence-electron chi connectivity index (χ2n) is 4.72. The first-order valence-corrected chi connectivity index (χ1v) is 6.77. The van der Waals surface area contributed by atoms with Gasteiger partial charge in [-0.3, -0.25) is 9.89 Å². The molecule has 3 rings (SSSR count). The molecule has 1 heterocycles. The largest absolute Gasteiger partial charge is 0.382 e. The average molecular weight is 301 g/mol. The Balaban J connectivity index is 1.75. The van der Waals surface area contributed by atoms with Crippen LogP contribution in [0.3, 0.4) is 0 Å². The number of nitrogens with zero attached hydrogens (tertiary/aromatic N) is 1. The van der Waals surface area contributed by atoms with E-state index in [9.17, 15) is 4.79 Å². The Morgan fingerprint density at radius 3 is 2.95 bits per heavy atom. The number of aromatic nitrogens is 2. The molecule has 0 atom stereocenters. The van der Waals surface area contributed by atoms with Crippen LogP contribution in [0.25, 0.3) is 10.9 Å². The smallest absolute Gasteiger partial charge is 0.228 e. The normalized spacial score (nSPS) is 10.7. The molecular formula is C15H13ClN4O. The van der Waals surface area contributed by atoms with E-state index in [2.05, 4.69) is 15.5 Å². The van der Waals surface area contributed by atoms with Gasteiger partial charge in [0.1, 0.15) is 0 Å². The molecule has 1 amide bonds. The Morgan fingerprint density at radius 2 is 2.14 bits per heavy atom. The molecule has 1 aromatic heterocycles. The Hall–Kier alpha value is -2.53. The molecular weight excluding hydrogens is 288 g/mol. The van der Waals surface area contributed by atoms with Crippen molar-refractivity contribution in [2.45, 2.75) is 6.42 Å². The van der Waals surface area contributed by atoms with Crippen LogP contribution in [0.5, 0.6) is 0 Å².